The number of amidine groups is 1. The summed E-state index contributed by atoms with van der Waals surface area (Å²) < 4.78 is 6.25. The highest BCUT2D eigenvalue weighted by atomic mass is 16.5. The molecule has 1 heterocycles. The van der Waals surface area contributed by atoms with Crippen molar-refractivity contribution in [1.29, 1.82) is 5.41 Å². The summed E-state index contributed by atoms with van der Waals surface area (Å²) in [5.41, 5.74) is 9.97. The Morgan fingerprint density at radius 3 is 2.36 bits per heavy atom. The van der Waals surface area contributed by atoms with Crippen LogP contribution in [0.15, 0.2) is 53.3 Å². The molecule has 0 radical (unpaired) electrons. The molecule has 0 atom stereocenters. The van der Waals surface area contributed by atoms with E-state index in [2.05, 4.69) is 9.72 Å². The summed E-state index contributed by atoms with van der Waals surface area (Å²) in [4.78, 5) is 26.7. The molecule has 0 unspecified atom stereocenters. The van der Waals surface area contributed by atoms with Gasteiger partial charge in [0.15, 0.2) is 0 Å². The minimum absolute atomic E-state index is 0.0161. The standard InChI is InChI=1S/C21H22N4O3/c1-13-19(15-6-3-14(4-7-15)5-12-18(26)28-2)24-21(27)25(13)17-10-8-16(9-11-17)20(22)23/h3-4,6-11H,5,12H2,1-2H3,(H3,22,23)(H,24,27). The van der Waals surface area contributed by atoms with Gasteiger partial charge in [-0.05, 0) is 48.7 Å². The molecular weight excluding hydrogens is 356 g/mol. The quantitative estimate of drug-likeness (QED) is 0.347. The predicted octanol–water partition coefficient (Wildman–Crippen LogP) is 2.53. The monoisotopic (exact) mass is 378 g/mol. The average molecular weight is 378 g/mol. The van der Waals surface area contributed by atoms with Gasteiger partial charge < -0.3 is 15.5 Å². The number of ether oxygens (including phenoxy) is 1. The zero-order chi connectivity index (χ0) is 20.3. The topological polar surface area (TPSA) is 114 Å². The van der Waals surface area contributed by atoms with Gasteiger partial charge in [0.2, 0.25) is 0 Å². The van der Waals surface area contributed by atoms with E-state index in [1.54, 1.807) is 28.8 Å². The van der Waals surface area contributed by atoms with Gasteiger partial charge in [0, 0.05) is 17.7 Å². The summed E-state index contributed by atoms with van der Waals surface area (Å²) in [6, 6.07) is 14.7. The van der Waals surface area contributed by atoms with Crippen molar-refractivity contribution >= 4 is 11.8 Å². The number of nitrogens with zero attached hydrogens (tertiary/aromatic N) is 1. The maximum absolute atomic E-state index is 12.5. The van der Waals surface area contributed by atoms with Gasteiger partial charge in [-0.15, -0.1) is 0 Å². The number of hydrogen-bond acceptors (Lipinski definition) is 4. The number of nitrogen functional groups attached to an aromatic ring is 1. The number of esters is 1. The molecule has 3 aromatic rings. The first kappa shape index (κ1) is 19.2. The van der Waals surface area contributed by atoms with Crippen LogP contribution in [0.25, 0.3) is 16.9 Å². The van der Waals surface area contributed by atoms with E-state index in [-0.39, 0.29) is 17.5 Å². The first-order valence-corrected chi connectivity index (χ1v) is 8.83. The second kappa shape index (κ2) is 7.96. The van der Waals surface area contributed by atoms with Crippen LogP contribution in [0.3, 0.4) is 0 Å². The molecule has 28 heavy (non-hydrogen) atoms. The lowest BCUT2D eigenvalue weighted by molar-refractivity contribution is -0.140. The average Bonchev–Trinajstić information content (AvgIpc) is 3.00. The van der Waals surface area contributed by atoms with Gasteiger partial charge in [-0.2, -0.15) is 0 Å². The molecule has 0 saturated carbocycles. The number of aryl methyl sites for hydroxylation is 1. The molecule has 0 spiro atoms. The van der Waals surface area contributed by atoms with Crippen molar-refractivity contribution in [3.05, 3.63) is 75.8 Å². The molecule has 0 aliphatic carbocycles. The summed E-state index contributed by atoms with van der Waals surface area (Å²) in [6.45, 7) is 1.87. The summed E-state index contributed by atoms with van der Waals surface area (Å²) in [6.07, 6.45) is 0.935. The molecule has 0 fully saturated rings. The van der Waals surface area contributed by atoms with E-state index in [1.165, 1.54) is 7.11 Å². The van der Waals surface area contributed by atoms with Crippen molar-refractivity contribution in [1.82, 2.24) is 9.55 Å². The number of benzene rings is 2. The Hall–Kier alpha value is -3.61. The fraction of sp³-hybridized carbons (Fsp3) is 0.190. The molecule has 3 rings (SSSR count). The number of nitrogens with one attached hydrogen (secondary N) is 2. The number of aromatic amines is 1. The van der Waals surface area contributed by atoms with E-state index in [0.29, 0.717) is 24.1 Å². The number of carbonyl (C=O) groups excluding carboxylic acids is 1. The molecule has 144 valence electrons. The molecule has 0 aliphatic heterocycles. The third-order valence-corrected chi connectivity index (χ3v) is 4.66. The van der Waals surface area contributed by atoms with Crippen LogP contribution in [0.5, 0.6) is 0 Å². The van der Waals surface area contributed by atoms with E-state index in [1.807, 2.05) is 31.2 Å². The zero-order valence-corrected chi connectivity index (χ0v) is 15.8. The van der Waals surface area contributed by atoms with Crippen molar-refractivity contribution in [2.24, 2.45) is 5.73 Å². The lowest BCUT2D eigenvalue weighted by atomic mass is 10.0. The summed E-state index contributed by atoms with van der Waals surface area (Å²) in [5, 5.41) is 7.47. The second-order valence-electron chi connectivity index (χ2n) is 6.46. The Balaban J connectivity index is 1.88. The van der Waals surface area contributed by atoms with Crippen LogP contribution in [-0.4, -0.2) is 28.5 Å². The first-order valence-electron chi connectivity index (χ1n) is 8.83. The van der Waals surface area contributed by atoms with Gasteiger partial charge in [0.05, 0.1) is 18.5 Å². The molecule has 0 saturated heterocycles. The van der Waals surface area contributed by atoms with Gasteiger partial charge in [0.25, 0.3) is 0 Å². The van der Waals surface area contributed by atoms with E-state index in [4.69, 9.17) is 11.1 Å². The third kappa shape index (κ3) is 3.88. The van der Waals surface area contributed by atoms with Crippen molar-refractivity contribution in [2.75, 3.05) is 7.11 Å². The first-order chi connectivity index (χ1) is 13.4. The SMILES string of the molecule is COC(=O)CCc1ccc(-c2[nH]c(=O)n(-c3ccc(C(=N)N)cc3)c2C)cc1. The molecular formula is C21H22N4O3. The van der Waals surface area contributed by atoms with Gasteiger partial charge in [-0.1, -0.05) is 24.3 Å². The highest BCUT2D eigenvalue weighted by molar-refractivity contribution is 5.95. The Morgan fingerprint density at radius 1 is 1.14 bits per heavy atom. The van der Waals surface area contributed by atoms with Crippen LogP contribution in [0.4, 0.5) is 0 Å². The molecule has 0 bridgehead atoms. The molecule has 7 nitrogen and oxygen atoms in total. The number of imidazole rings is 1. The minimum atomic E-state index is -0.239. The molecule has 0 aliphatic rings. The largest absolute Gasteiger partial charge is 0.469 e. The van der Waals surface area contributed by atoms with E-state index in [9.17, 15) is 9.59 Å². The number of hydrogen-bond donors (Lipinski definition) is 3. The van der Waals surface area contributed by atoms with Crippen LogP contribution >= 0.6 is 0 Å². The number of H-pyrrole nitrogens is 1. The molecule has 4 N–H and O–H groups in total. The second-order valence-corrected chi connectivity index (χ2v) is 6.46. The number of rotatable bonds is 6. The highest BCUT2D eigenvalue weighted by Gasteiger charge is 2.14. The fourth-order valence-corrected chi connectivity index (χ4v) is 3.09. The minimum Gasteiger partial charge on any atom is -0.469 e. The summed E-state index contributed by atoms with van der Waals surface area (Å²) in [5.74, 6) is -0.255. The Labute approximate surface area is 162 Å². The zero-order valence-electron chi connectivity index (χ0n) is 15.8. The fourth-order valence-electron chi connectivity index (χ4n) is 3.09. The highest BCUT2D eigenvalue weighted by Crippen LogP contribution is 2.23. The number of nitrogens with two attached hydrogens (primary N) is 1. The van der Waals surface area contributed by atoms with Crippen molar-refractivity contribution < 1.29 is 9.53 Å². The normalized spacial score (nSPS) is 10.6. The van der Waals surface area contributed by atoms with E-state index >= 15 is 0 Å². The smallest absolute Gasteiger partial charge is 0.330 e. The Bertz CT molecular complexity index is 1060. The van der Waals surface area contributed by atoms with Crippen molar-refractivity contribution in [2.45, 2.75) is 19.8 Å². The maximum Gasteiger partial charge on any atom is 0.330 e. The lowest BCUT2D eigenvalue weighted by Crippen LogP contribution is -2.16. The van der Waals surface area contributed by atoms with E-state index in [0.717, 1.165) is 22.5 Å². The van der Waals surface area contributed by atoms with Gasteiger partial charge >= 0.3 is 11.7 Å². The van der Waals surface area contributed by atoms with Gasteiger partial charge in [-0.3, -0.25) is 14.8 Å². The Kier molecular flexibility index (Phi) is 5.44. The molecule has 1 aromatic heterocycles. The maximum atomic E-state index is 12.5. The number of methoxy groups -OCH3 is 1. The summed E-state index contributed by atoms with van der Waals surface area (Å²) >= 11 is 0. The van der Waals surface area contributed by atoms with Crippen LogP contribution in [-0.2, 0) is 16.0 Å². The number of carbonyl (C=O) groups is 1. The molecule has 0 amide bonds. The van der Waals surface area contributed by atoms with Crippen LogP contribution < -0.4 is 11.4 Å². The van der Waals surface area contributed by atoms with Gasteiger partial charge in [-0.25, -0.2) is 4.79 Å². The molecule has 7 heteroatoms. The summed E-state index contributed by atoms with van der Waals surface area (Å²) in [7, 11) is 1.38. The van der Waals surface area contributed by atoms with Crippen LogP contribution in [0.2, 0.25) is 0 Å². The van der Waals surface area contributed by atoms with Crippen molar-refractivity contribution in [3.8, 4) is 16.9 Å². The van der Waals surface area contributed by atoms with Crippen molar-refractivity contribution in [3.63, 3.8) is 0 Å². The van der Waals surface area contributed by atoms with Crippen LogP contribution in [0, 0.1) is 12.3 Å². The predicted molar refractivity (Wildman–Crippen MR) is 108 cm³/mol. The van der Waals surface area contributed by atoms with Gasteiger partial charge in [0.1, 0.15) is 5.84 Å². The molecule has 2 aromatic carbocycles. The third-order valence-electron chi connectivity index (χ3n) is 4.66. The number of aromatic nitrogens is 2. The van der Waals surface area contributed by atoms with E-state index < -0.39 is 0 Å². The lowest BCUT2D eigenvalue weighted by Gasteiger charge is -2.07. The Morgan fingerprint density at radius 2 is 1.79 bits per heavy atom. The van der Waals surface area contributed by atoms with Crippen LogP contribution in [0.1, 0.15) is 23.2 Å².